The maximum atomic E-state index is 12.1. The molecule has 2 rings (SSSR count). The number of rotatable bonds is 4. The highest BCUT2D eigenvalue weighted by atomic mass is 32.2. The number of hydrogen-bond donors (Lipinski definition) is 1. The van der Waals surface area contributed by atoms with Gasteiger partial charge < -0.3 is 10.2 Å². The number of carbonyl (C=O) groups is 1. The number of carbonyl (C=O) groups excluding carboxylic acids is 1. The van der Waals surface area contributed by atoms with Crippen LogP contribution in [0, 0.1) is 0 Å². The molecule has 1 unspecified atom stereocenters. The van der Waals surface area contributed by atoms with E-state index in [2.05, 4.69) is 5.32 Å². The van der Waals surface area contributed by atoms with Crippen LogP contribution in [0.2, 0.25) is 0 Å². The number of likely N-dealkylation sites (N-methyl/N-ethyl adjacent to an activating group) is 1. The Morgan fingerprint density at radius 2 is 1.94 bits per heavy atom. The minimum absolute atomic E-state index is 0.149. The van der Waals surface area contributed by atoms with E-state index < -0.39 is 9.84 Å². The summed E-state index contributed by atoms with van der Waals surface area (Å²) in [7, 11) is -1.53. The Morgan fingerprint density at radius 3 is 2.50 bits per heavy atom. The molecule has 1 atom stereocenters. The standard InChI is InChI=1S/C12H22N2O3S/c1-14(10-6-7-13-8-10)12(15)9-18(16,17)11-4-2-3-5-11/h10-11,13H,2-9H2,1H3. The average molecular weight is 274 g/mol. The Balaban J connectivity index is 1.93. The summed E-state index contributed by atoms with van der Waals surface area (Å²) >= 11 is 0. The van der Waals surface area contributed by atoms with Crippen molar-refractivity contribution in [2.24, 2.45) is 0 Å². The number of hydrogen-bond acceptors (Lipinski definition) is 4. The van der Waals surface area contributed by atoms with Crippen LogP contribution in [0.4, 0.5) is 0 Å². The topological polar surface area (TPSA) is 66.5 Å². The molecule has 1 N–H and O–H groups in total. The maximum absolute atomic E-state index is 12.1. The number of nitrogens with zero attached hydrogens (tertiary/aromatic N) is 1. The van der Waals surface area contributed by atoms with Gasteiger partial charge in [-0.05, 0) is 25.8 Å². The quantitative estimate of drug-likeness (QED) is 0.793. The van der Waals surface area contributed by atoms with Crippen molar-refractivity contribution in [3.63, 3.8) is 0 Å². The van der Waals surface area contributed by atoms with Gasteiger partial charge in [-0.15, -0.1) is 0 Å². The smallest absolute Gasteiger partial charge is 0.237 e. The van der Waals surface area contributed by atoms with Crippen molar-refractivity contribution < 1.29 is 13.2 Å². The van der Waals surface area contributed by atoms with Crippen molar-refractivity contribution in [3.05, 3.63) is 0 Å². The molecule has 1 aliphatic carbocycles. The van der Waals surface area contributed by atoms with Crippen LogP contribution in [-0.4, -0.2) is 56.4 Å². The van der Waals surface area contributed by atoms with E-state index in [0.717, 1.165) is 45.2 Å². The number of amides is 1. The van der Waals surface area contributed by atoms with Crippen molar-refractivity contribution >= 4 is 15.7 Å². The molecule has 2 fully saturated rings. The third-order valence-electron chi connectivity index (χ3n) is 4.11. The van der Waals surface area contributed by atoms with Crippen molar-refractivity contribution in [2.75, 3.05) is 25.9 Å². The molecule has 0 aromatic carbocycles. The highest BCUT2D eigenvalue weighted by molar-refractivity contribution is 7.92. The van der Waals surface area contributed by atoms with Crippen molar-refractivity contribution in [1.29, 1.82) is 0 Å². The third-order valence-corrected chi connectivity index (χ3v) is 6.25. The first-order valence-electron chi connectivity index (χ1n) is 6.68. The second kappa shape index (κ2) is 5.57. The molecular formula is C12H22N2O3S. The Labute approximate surface area is 109 Å². The second-order valence-corrected chi connectivity index (χ2v) is 7.65. The molecule has 5 nitrogen and oxygen atoms in total. The van der Waals surface area contributed by atoms with Gasteiger partial charge in [0.15, 0.2) is 9.84 Å². The number of sulfone groups is 1. The van der Waals surface area contributed by atoms with Crippen LogP contribution in [0.25, 0.3) is 0 Å². The Bertz CT molecular complexity index is 396. The number of nitrogens with one attached hydrogen (secondary N) is 1. The lowest BCUT2D eigenvalue weighted by molar-refractivity contribution is -0.128. The minimum Gasteiger partial charge on any atom is -0.341 e. The van der Waals surface area contributed by atoms with Crippen LogP contribution in [0.5, 0.6) is 0 Å². The van der Waals surface area contributed by atoms with Crippen LogP contribution in [-0.2, 0) is 14.6 Å². The molecule has 1 amide bonds. The van der Waals surface area contributed by atoms with E-state index >= 15 is 0 Å². The summed E-state index contributed by atoms with van der Waals surface area (Å²) in [6.45, 7) is 1.67. The molecule has 0 aromatic heterocycles. The van der Waals surface area contributed by atoms with Gasteiger partial charge in [0.2, 0.25) is 5.91 Å². The van der Waals surface area contributed by atoms with E-state index in [9.17, 15) is 13.2 Å². The molecule has 2 aliphatic rings. The molecule has 18 heavy (non-hydrogen) atoms. The van der Waals surface area contributed by atoms with Gasteiger partial charge in [-0.2, -0.15) is 0 Å². The fourth-order valence-corrected chi connectivity index (χ4v) is 4.65. The van der Waals surface area contributed by atoms with E-state index in [1.54, 1.807) is 11.9 Å². The van der Waals surface area contributed by atoms with Gasteiger partial charge in [0.05, 0.1) is 5.25 Å². The van der Waals surface area contributed by atoms with Crippen LogP contribution >= 0.6 is 0 Å². The predicted molar refractivity (Wildman–Crippen MR) is 70.1 cm³/mol. The van der Waals surface area contributed by atoms with E-state index in [1.165, 1.54) is 0 Å². The van der Waals surface area contributed by atoms with Gasteiger partial charge >= 0.3 is 0 Å². The lowest BCUT2D eigenvalue weighted by Crippen LogP contribution is -2.42. The molecule has 0 radical (unpaired) electrons. The predicted octanol–water partition coefficient (Wildman–Crippen LogP) is 0.164. The van der Waals surface area contributed by atoms with Crippen molar-refractivity contribution in [1.82, 2.24) is 10.2 Å². The summed E-state index contributed by atoms with van der Waals surface area (Å²) in [5, 5.41) is 2.90. The summed E-state index contributed by atoms with van der Waals surface area (Å²) in [5.74, 6) is -0.569. The molecule has 1 heterocycles. The van der Waals surface area contributed by atoms with Gasteiger partial charge in [0.1, 0.15) is 5.75 Å². The van der Waals surface area contributed by atoms with Crippen molar-refractivity contribution in [2.45, 2.75) is 43.4 Å². The largest absolute Gasteiger partial charge is 0.341 e. The molecular weight excluding hydrogens is 252 g/mol. The maximum Gasteiger partial charge on any atom is 0.237 e. The molecule has 1 aliphatic heterocycles. The normalized spacial score (nSPS) is 25.5. The Hall–Kier alpha value is -0.620. The first-order valence-corrected chi connectivity index (χ1v) is 8.40. The fraction of sp³-hybridized carbons (Fsp3) is 0.917. The lowest BCUT2D eigenvalue weighted by atomic mass is 10.2. The summed E-state index contributed by atoms with van der Waals surface area (Å²) in [6, 6.07) is 0.149. The zero-order chi connectivity index (χ0) is 13.2. The van der Waals surface area contributed by atoms with E-state index in [4.69, 9.17) is 0 Å². The summed E-state index contributed by atoms with van der Waals surface area (Å²) in [4.78, 5) is 13.6. The molecule has 0 bridgehead atoms. The Morgan fingerprint density at radius 1 is 1.28 bits per heavy atom. The Kier molecular flexibility index (Phi) is 4.27. The molecule has 6 heteroatoms. The third kappa shape index (κ3) is 3.03. The fourth-order valence-electron chi connectivity index (χ4n) is 2.81. The van der Waals surface area contributed by atoms with E-state index in [1.807, 2.05) is 0 Å². The average Bonchev–Trinajstić information content (AvgIpc) is 3.00. The zero-order valence-corrected chi connectivity index (χ0v) is 11.7. The molecule has 0 aromatic rings. The van der Waals surface area contributed by atoms with Gasteiger partial charge in [0, 0.05) is 19.6 Å². The molecule has 0 spiro atoms. The summed E-state index contributed by atoms with van der Waals surface area (Å²) in [5.41, 5.74) is 0. The van der Waals surface area contributed by atoms with Crippen LogP contribution in [0.15, 0.2) is 0 Å². The summed E-state index contributed by atoms with van der Waals surface area (Å²) < 4.78 is 24.2. The monoisotopic (exact) mass is 274 g/mol. The highest BCUT2D eigenvalue weighted by Gasteiger charge is 2.33. The SMILES string of the molecule is CN(C(=O)CS(=O)(=O)C1CCCC1)C1CCNC1. The van der Waals surface area contributed by atoms with Crippen LogP contribution < -0.4 is 5.32 Å². The first kappa shape index (κ1) is 13.8. The minimum atomic E-state index is -3.25. The summed E-state index contributed by atoms with van der Waals surface area (Å²) in [6.07, 6.45) is 4.31. The lowest BCUT2D eigenvalue weighted by Gasteiger charge is -2.24. The first-order chi connectivity index (χ1) is 8.50. The second-order valence-electron chi connectivity index (χ2n) is 5.36. The molecule has 104 valence electrons. The van der Waals surface area contributed by atoms with Gasteiger partial charge in [0.25, 0.3) is 0 Å². The van der Waals surface area contributed by atoms with Crippen molar-refractivity contribution in [3.8, 4) is 0 Å². The van der Waals surface area contributed by atoms with Crippen LogP contribution in [0.1, 0.15) is 32.1 Å². The van der Waals surface area contributed by atoms with Gasteiger partial charge in [-0.25, -0.2) is 8.42 Å². The van der Waals surface area contributed by atoms with E-state index in [0.29, 0.717) is 0 Å². The van der Waals surface area contributed by atoms with E-state index in [-0.39, 0.29) is 23.0 Å². The molecule has 1 saturated carbocycles. The van der Waals surface area contributed by atoms with Gasteiger partial charge in [-0.1, -0.05) is 12.8 Å². The molecule has 1 saturated heterocycles. The zero-order valence-electron chi connectivity index (χ0n) is 10.9. The van der Waals surface area contributed by atoms with Crippen LogP contribution in [0.3, 0.4) is 0 Å². The highest BCUT2D eigenvalue weighted by Crippen LogP contribution is 2.25. The van der Waals surface area contributed by atoms with Gasteiger partial charge in [-0.3, -0.25) is 4.79 Å².